The Morgan fingerprint density at radius 2 is 1.77 bits per heavy atom. The lowest BCUT2D eigenvalue weighted by Gasteiger charge is -2.25. The second-order valence-electron chi connectivity index (χ2n) is 7.00. The second kappa shape index (κ2) is 9.24. The molecule has 1 heterocycles. The van der Waals surface area contributed by atoms with Crippen molar-refractivity contribution in [3.63, 3.8) is 0 Å². The molecule has 3 rings (SSSR count). The summed E-state index contributed by atoms with van der Waals surface area (Å²) in [5.41, 5.74) is -0.254. The Morgan fingerprint density at radius 3 is 2.45 bits per heavy atom. The van der Waals surface area contributed by atoms with Crippen LogP contribution >= 0.6 is 0 Å². The molecule has 0 aromatic heterocycles. The molecule has 3 N–H and O–H groups in total. The number of imide groups is 1. The van der Waals surface area contributed by atoms with Gasteiger partial charge in [-0.05, 0) is 18.1 Å². The van der Waals surface area contributed by atoms with Crippen molar-refractivity contribution in [2.45, 2.75) is 18.9 Å². The largest absolute Gasteiger partial charge is 0.378 e. The molecule has 2 aromatic carbocycles. The monoisotopic (exact) mass is 425 g/mol. The minimum absolute atomic E-state index is 0.0648. The van der Waals surface area contributed by atoms with Crippen LogP contribution in [0.15, 0.2) is 54.6 Å². The van der Waals surface area contributed by atoms with E-state index in [4.69, 9.17) is 0 Å². The Morgan fingerprint density at radius 1 is 1.10 bits per heavy atom. The van der Waals surface area contributed by atoms with E-state index in [2.05, 4.69) is 16.0 Å². The first-order valence-electron chi connectivity index (χ1n) is 9.82. The van der Waals surface area contributed by atoms with Gasteiger partial charge in [-0.3, -0.25) is 24.6 Å². The molecule has 31 heavy (non-hydrogen) atoms. The molecule has 1 atom stereocenters. The number of hydrogen-bond acceptors (Lipinski definition) is 6. The van der Waals surface area contributed by atoms with Crippen LogP contribution in [0.1, 0.15) is 18.9 Å². The van der Waals surface area contributed by atoms with Crippen molar-refractivity contribution in [2.24, 2.45) is 0 Å². The number of nitrogens with one attached hydrogen (secondary N) is 3. The van der Waals surface area contributed by atoms with E-state index in [-0.39, 0.29) is 18.8 Å². The van der Waals surface area contributed by atoms with Crippen molar-refractivity contribution in [1.29, 1.82) is 0 Å². The molecule has 0 saturated carbocycles. The lowest BCUT2D eigenvalue weighted by molar-refractivity contribution is -0.384. The number of urea groups is 1. The van der Waals surface area contributed by atoms with Crippen LogP contribution in [0.2, 0.25) is 0 Å². The van der Waals surface area contributed by atoms with Crippen molar-refractivity contribution in [1.82, 2.24) is 15.5 Å². The van der Waals surface area contributed by atoms with Crippen molar-refractivity contribution in [3.05, 3.63) is 70.3 Å². The zero-order valence-electron chi connectivity index (χ0n) is 17.0. The highest BCUT2D eigenvalue weighted by molar-refractivity contribution is 6.09. The fourth-order valence-electron chi connectivity index (χ4n) is 3.51. The summed E-state index contributed by atoms with van der Waals surface area (Å²) in [7, 11) is 0. The van der Waals surface area contributed by atoms with E-state index in [1.165, 1.54) is 6.07 Å². The molecule has 2 aromatic rings. The number of benzene rings is 2. The van der Waals surface area contributed by atoms with Crippen molar-refractivity contribution >= 4 is 29.2 Å². The Hall–Kier alpha value is -3.95. The number of rotatable bonds is 9. The highest BCUT2D eigenvalue weighted by Gasteiger charge is 2.51. The van der Waals surface area contributed by atoms with Gasteiger partial charge in [0.2, 0.25) is 5.91 Å². The summed E-state index contributed by atoms with van der Waals surface area (Å²) in [6.45, 7) is 1.78. The number of hydrogen-bond donors (Lipinski definition) is 3. The Labute approximate surface area is 178 Å². The Balaban J connectivity index is 1.56. The summed E-state index contributed by atoms with van der Waals surface area (Å²) in [5, 5.41) is 19.2. The first kappa shape index (κ1) is 21.8. The normalized spacial score (nSPS) is 17.9. The minimum atomic E-state index is -1.19. The van der Waals surface area contributed by atoms with E-state index in [1.54, 1.807) is 49.4 Å². The third kappa shape index (κ3) is 4.47. The molecule has 1 saturated heterocycles. The minimum Gasteiger partial charge on any atom is -0.378 e. The molecule has 0 bridgehead atoms. The topological polar surface area (TPSA) is 134 Å². The van der Waals surface area contributed by atoms with Crippen molar-refractivity contribution in [3.8, 4) is 0 Å². The number of nitrogens with zero attached hydrogens (tertiary/aromatic N) is 2. The smallest absolute Gasteiger partial charge is 0.325 e. The van der Waals surface area contributed by atoms with E-state index in [0.29, 0.717) is 17.7 Å². The van der Waals surface area contributed by atoms with Gasteiger partial charge >= 0.3 is 6.03 Å². The highest BCUT2D eigenvalue weighted by Crippen LogP contribution is 2.32. The van der Waals surface area contributed by atoms with Crippen LogP contribution in [0.4, 0.5) is 16.2 Å². The number of amides is 4. The van der Waals surface area contributed by atoms with E-state index in [0.717, 1.165) is 4.90 Å². The SMILES string of the molecule is CCC1(c2ccccc2)NC(=O)N(CC(=O)NCCNc2ccccc2[N+](=O)[O-])C1=O. The zero-order valence-corrected chi connectivity index (χ0v) is 17.0. The van der Waals surface area contributed by atoms with E-state index in [9.17, 15) is 24.5 Å². The van der Waals surface area contributed by atoms with Gasteiger partial charge in [-0.2, -0.15) is 0 Å². The van der Waals surface area contributed by atoms with Crippen LogP contribution in [0, 0.1) is 10.1 Å². The van der Waals surface area contributed by atoms with Gasteiger partial charge in [-0.1, -0.05) is 49.4 Å². The molecule has 1 unspecified atom stereocenters. The van der Waals surface area contributed by atoms with Crippen LogP contribution in [0.5, 0.6) is 0 Å². The summed E-state index contributed by atoms with van der Waals surface area (Å²) in [6, 6.07) is 14.5. The Kier molecular flexibility index (Phi) is 6.49. The molecule has 10 nitrogen and oxygen atoms in total. The number of para-hydroxylation sites is 2. The van der Waals surface area contributed by atoms with Gasteiger partial charge in [0.1, 0.15) is 17.8 Å². The third-order valence-electron chi connectivity index (χ3n) is 5.14. The predicted octanol–water partition coefficient (Wildman–Crippen LogP) is 1.98. The first-order chi connectivity index (χ1) is 14.9. The van der Waals surface area contributed by atoms with Crippen LogP contribution in [0.3, 0.4) is 0 Å². The van der Waals surface area contributed by atoms with Crippen LogP contribution in [-0.2, 0) is 15.1 Å². The van der Waals surface area contributed by atoms with Gasteiger partial charge in [0.25, 0.3) is 11.6 Å². The van der Waals surface area contributed by atoms with Crippen LogP contribution < -0.4 is 16.0 Å². The standard InChI is InChI=1S/C21H23N5O5/c1-2-21(15-8-4-3-5-9-15)19(28)25(20(29)24-21)14-18(27)23-13-12-22-16-10-6-7-11-17(16)26(30)31/h3-11,22H,2,12-14H2,1H3,(H,23,27)(H,24,29). The molecule has 4 amide bonds. The summed E-state index contributed by atoms with van der Waals surface area (Å²) >= 11 is 0. The maximum absolute atomic E-state index is 13.0. The molecular formula is C21H23N5O5. The molecule has 1 fully saturated rings. The van der Waals surface area contributed by atoms with Gasteiger partial charge < -0.3 is 16.0 Å². The number of carbonyl (C=O) groups excluding carboxylic acids is 3. The summed E-state index contributed by atoms with van der Waals surface area (Å²) in [5.74, 6) is -0.979. The first-order valence-corrected chi connectivity index (χ1v) is 9.82. The molecular weight excluding hydrogens is 402 g/mol. The molecule has 162 valence electrons. The van der Waals surface area contributed by atoms with Crippen molar-refractivity contribution in [2.75, 3.05) is 25.0 Å². The summed E-state index contributed by atoms with van der Waals surface area (Å²) < 4.78 is 0. The maximum atomic E-state index is 13.0. The second-order valence-corrected chi connectivity index (χ2v) is 7.00. The number of nitro groups is 1. The van der Waals surface area contributed by atoms with E-state index in [1.807, 2.05) is 6.07 Å². The highest BCUT2D eigenvalue weighted by atomic mass is 16.6. The lowest BCUT2D eigenvalue weighted by atomic mass is 9.87. The van der Waals surface area contributed by atoms with Crippen LogP contribution in [0.25, 0.3) is 0 Å². The molecule has 10 heteroatoms. The van der Waals surface area contributed by atoms with E-state index < -0.39 is 34.9 Å². The molecule has 0 spiro atoms. The predicted molar refractivity (Wildman–Crippen MR) is 113 cm³/mol. The quantitative estimate of drug-likeness (QED) is 0.243. The Bertz CT molecular complexity index is 997. The number of carbonyl (C=O) groups is 3. The zero-order chi connectivity index (χ0) is 22.4. The number of nitro benzene ring substituents is 1. The summed E-state index contributed by atoms with van der Waals surface area (Å²) in [6.07, 6.45) is 0.347. The average molecular weight is 425 g/mol. The average Bonchev–Trinajstić information content (AvgIpc) is 3.02. The van der Waals surface area contributed by atoms with Crippen molar-refractivity contribution < 1.29 is 19.3 Å². The van der Waals surface area contributed by atoms with Gasteiger partial charge in [-0.15, -0.1) is 0 Å². The van der Waals surface area contributed by atoms with E-state index >= 15 is 0 Å². The molecule has 1 aliphatic heterocycles. The fourth-order valence-corrected chi connectivity index (χ4v) is 3.51. The molecule has 1 aliphatic rings. The maximum Gasteiger partial charge on any atom is 0.325 e. The van der Waals surface area contributed by atoms with Gasteiger partial charge in [0, 0.05) is 19.2 Å². The van der Waals surface area contributed by atoms with Gasteiger partial charge in [0.05, 0.1) is 4.92 Å². The molecule has 0 radical (unpaired) electrons. The molecule has 0 aliphatic carbocycles. The fraction of sp³-hybridized carbons (Fsp3) is 0.286. The lowest BCUT2D eigenvalue weighted by Crippen LogP contribution is -2.45. The number of anilines is 1. The van der Waals surface area contributed by atoms with Crippen LogP contribution in [-0.4, -0.2) is 47.3 Å². The summed E-state index contributed by atoms with van der Waals surface area (Å²) in [4.78, 5) is 49.1. The van der Waals surface area contributed by atoms with Gasteiger partial charge in [-0.25, -0.2) is 4.79 Å². The third-order valence-corrected chi connectivity index (χ3v) is 5.14. The van der Waals surface area contributed by atoms with Gasteiger partial charge in [0.15, 0.2) is 0 Å².